The van der Waals surface area contributed by atoms with Crippen molar-refractivity contribution < 1.29 is 14.3 Å². The first-order chi connectivity index (χ1) is 10.7. The summed E-state index contributed by atoms with van der Waals surface area (Å²) in [5, 5.41) is 12.8. The van der Waals surface area contributed by atoms with Crippen LogP contribution in [0.5, 0.6) is 0 Å². The van der Waals surface area contributed by atoms with Crippen molar-refractivity contribution in [1.82, 2.24) is 25.1 Å². The van der Waals surface area contributed by atoms with Crippen LogP contribution in [0, 0.1) is 0 Å². The van der Waals surface area contributed by atoms with Crippen LogP contribution in [0.3, 0.4) is 0 Å². The minimum atomic E-state index is -0.580. The third kappa shape index (κ3) is 4.44. The lowest BCUT2D eigenvalue weighted by Gasteiger charge is -2.23. The molecule has 0 saturated heterocycles. The first kappa shape index (κ1) is 17.3. The Hall–Kier alpha value is -2.10. The molecule has 23 heavy (non-hydrogen) atoms. The molecule has 0 spiro atoms. The van der Waals surface area contributed by atoms with Crippen LogP contribution in [0.1, 0.15) is 39.6 Å². The third-order valence-corrected chi connectivity index (χ3v) is 3.70. The van der Waals surface area contributed by atoms with Crippen molar-refractivity contribution in [2.75, 3.05) is 12.8 Å². The number of thioether (sulfide) groups is 1. The second-order valence-corrected chi connectivity index (χ2v) is 6.93. The fraction of sp³-hybridized carbons (Fsp3) is 0.615. The van der Waals surface area contributed by atoms with Gasteiger partial charge in [0.1, 0.15) is 11.9 Å². The molecule has 1 aromatic rings. The van der Waals surface area contributed by atoms with E-state index in [0.717, 1.165) is 0 Å². The Morgan fingerprint density at radius 3 is 2.78 bits per heavy atom. The zero-order valence-electron chi connectivity index (χ0n) is 13.7. The van der Waals surface area contributed by atoms with Gasteiger partial charge < -0.3 is 10.1 Å². The number of carbonyl (C=O) groups is 2. The fourth-order valence-corrected chi connectivity index (χ4v) is 2.66. The lowest BCUT2D eigenvalue weighted by molar-refractivity contribution is -0.127. The van der Waals surface area contributed by atoms with Gasteiger partial charge in [0.05, 0.1) is 11.8 Å². The molecule has 2 amide bonds. The molecule has 1 aromatic heterocycles. The highest BCUT2D eigenvalue weighted by Gasteiger charge is 2.25. The maximum absolute atomic E-state index is 11.9. The summed E-state index contributed by atoms with van der Waals surface area (Å²) in [6.45, 7) is 7.15. The number of hydrazone groups is 1. The van der Waals surface area contributed by atoms with Crippen LogP contribution in [0.25, 0.3) is 0 Å². The molecule has 1 N–H and O–H groups in total. The molecule has 2 rings (SSSR count). The first-order valence-electron chi connectivity index (χ1n) is 7.05. The van der Waals surface area contributed by atoms with Crippen molar-refractivity contribution in [2.45, 2.75) is 39.3 Å². The summed E-state index contributed by atoms with van der Waals surface area (Å²) in [5.41, 5.74) is -0.580. The van der Waals surface area contributed by atoms with Gasteiger partial charge in [0, 0.05) is 7.05 Å². The summed E-state index contributed by atoms with van der Waals surface area (Å²) >= 11 is 1.27. The molecule has 1 aliphatic heterocycles. The van der Waals surface area contributed by atoms with Gasteiger partial charge in [-0.05, 0) is 27.7 Å². The quantitative estimate of drug-likeness (QED) is 0.867. The van der Waals surface area contributed by atoms with Gasteiger partial charge in [-0.2, -0.15) is 9.78 Å². The van der Waals surface area contributed by atoms with Crippen molar-refractivity contribution in [1.29, 1.82) is 0 Å². The molecule has 0 aliphatic carbocycles. The van der Waals surface area contributed by atoms with Crippen molar-refractivity contribution in [3.05, 3.63) is 12.2 Å². The van der Waals surface area contributed by atoms with Crippen molar-refractivity contribution in [3.63, 3.8) is 0 Å². The molecular weight excluding hydrogens is 320 g/mol. The van der Waals surface area contributed by atoms with E-state index in [9.17, 15) is 9.59 Å². The van der Waals surface area contributed by atoms with Crippen LogP contribution in [-0.2, 0) is 9.53 Å². The zero-order valence-corrected chi connectivity index (χ0v) is 14.5. The number of ether oxygens (including phenoxy) is 1. The number of aromatic nitrogens is 3. The summed E-state index contributed by atoms with van der Waals surface area (Å²) < 4.78 is 6.74. The number of nitrogens with one attached hydrogen (secondary N) is 1. The smallest absolute Gasteiger partial charge is 0.408 e. The predicted octanol–water partition coefficient (Wildman–Crippen LogP) is 1.19. The Kier molecular flexibility index (Phi) is 4.93. The van der Waals surface area contributed by atoms with Crippen LogP contribution >= 0.6 is 11.8 Å². The summed E-state index contributed by atoms with van der Waals surface area (Å²) in [6, 6.07) is -0.432. The Morgan fingerprint density at radius 2 is 2.17 bits per heavy atom. The number of hydrogen-bond donors (Lipinski definition) is 1. The highest BCUT2D eigenvalue weighted by atomic mass is 32.2. The zero-order chi connectivity index (χ0) is 17.2. The van der Waals surface area contributed by atoms with E-state index in [-0.39, 0.29) is 11.7 Å². The maximum Gasteiger partial charge on any atom is 0.408 e. The van der Waals surface area contributed by atoms with Crippen LogP contribution in [0.15, 0.2) is 11.4 Å². The van der Waals surface area contributed by atoms with E-state index >= 15 is 0 Å². The molecule has 0 saturated carbocycles. The highest BCUT2D eigenvalue weighted by molar-refractivity contribution is 8.14. The second-order valence-electron chi connectivity index (χ2n) is 5.99. The monoisotopic (exact) mass is 340 g/mol. The standard InChI is InChI=1S/C13H20N6O3S/c1-8(16-12(21)22-13(2,3)4)10-14-7-15-19(10)11-17-18(5)9(20)6-23-11/h7-8H,6H2,1-5H3,(H,16,21). The van der Waals surface area contributed by atoms with Crippen LogP contribution < -0.4 is 5.32 Å². The fourth-order valence-electron chi connectivity index (χ4n) is 1.78. The van der Waals surface area contributed by atoms with Gasteiger partial charge >= 0.3 is 6.09 Å². The SMILES string of the molecule is CC(NC(=O)OC(C)(C)C)c1ncnn1C1=NN(C)C(=O)CS1. The highest BCUT2D eigenvalue weighted by Crippen LogP contribution is 2.18. The molecule has 0 radical (unpaired) electrons. The van der Waals surface area contributed by atoms with Gasteiger partial charge in [-0.3, -0.25) is 4.79 Å². The van der Waals surface area contributed by atoms with Crippen molar-refractivity contribution in [3.8, 4) is 0 Å². The Morgan fingerprint density at radius 1 is 1.48 bits per heavy atom. The van der Waals surface area contributed by atoms with Gasteiger partial charge in [-0.1, -0.05) is 11.8 Å². The largest absolute Gasteiger partial charge is 0.444 e. The number of nitrogens with zero attached hydrogens (tertiary/aromatic N) is 5. The van der Waals surface area contributed by atoms with E-state index in [1.54, 1.807) is 34.7 Å². The molecule has 2 heterocycles. The number of carbonyl (C=O) groups excluding carboxylic acids is 2. The lowest BCUT2D eigenvalue weighted by Crippen LogP contribution is -2.36. The molecule has 1 atom stereocenters. The van der Waals surface area contributed by atoms with E-state index in [1.165, 1.54) is 27.8 Å². The van der Waals surface area contributed by atoms with Gasteiger partial charge in [-0.15, -0.1) is 5.10 Å². The molecule has 9 nitrogen and oxygen atoms in total. The number of hydrogen-bond acceptors (Lipinski definition) is 7. The number of rotatable bonds is 2. The number of alkyl carbamates (subject to hydrolysis) is 1. The number of amides is 2. The Balaban J connectivity index is 2.13. The van der Waals surface area contributed by atoms with E-state index in [4.69, 9.17) is 4.74 Å². The Bertz CT molecular complexity index is 636. The molecule has 0 fully saturated rings. The third-order valence-electron chi connectivity index (χ3n) is 2.80. The molecule has 0 bridgehead atoms. The van der Waals surface area contributed by atoms with Crippen LogP contribution in [0.4, 0.5) is 4.79 Å². The Labute approximate surface area is 138 Å². The van der Waals surface area contributed by atoms with E-state index in [0.29, 0.717) is 11.0 Å². The average molecular weight is 340 g/mol. The summed E-state index contributed by atoms with van der Waals surface area (Å²) in [7, 11) is 1.58. The average Bonchev–Trinajstić information content (AvgIpc) is 2.89. The molecule has 10 heteroatoms. The van der Waals surface area contributed by atoms with Crippen LogP contribution in [-0.4, -0.2) is 55.3 Å². The first-order valence-corrected chi connectivity index (χ1v) is 8.03. The van der Waals surface area contributed by atoms with Gasteiger partial charge in [0.15, 0.2) is 5.82 Å². The minimum Gasteiger partial charge on any atom is -0.444 e. The van der Waals surface area contributed by atoms with Crippen LogP contribution in [0.2, 0.25) is 0 Å². The summed E-state index contributed by atoms with van der Waals surface area (Å²) in [6.07, 6.45) is 0.840. The van der Waals surface area contributed by atoms with Gasteiger partial charge in [0.25, 0.3) is 5.91 Å². The molecule has 126 valence electrons. The summed E-state index contributed by atoms with van der Waals surface area (Å²) in [5.74, 6) is 0.702. The molecule has 1 unspecified atom stereocenters. The van der Waals surface area contributed by atoms with Gasteiger partial charge in [0.2, 0.25) is 5.17 Å². The molecular formula is C13H20N6O3S. The maximum atomic E-state index is 11.9. The van der Waals surface area contributed by atoms with Gasteiger partial charge in [-0.25, -0.2) is 14.8 Å². The van der Waals surface area contributed by atoms with E-state index < -0.39 is 17.7 Å². The molecule has 0 aromatic carbocycles. The van der Waals surface area contributed by atoms with Crippen molar-refractivity contribution >= 4 is 28.9 Å². The van der Waals surface area contributed by atoms with Crippen molar-refractivity contribution in [2.24, 2.45) is 5.10 Å². The van der Waals surface area contributed by atoms with E-state index in [1.807, 2.05) is 0 Å². The topological polar surface area (TPSA) is 102 Å². The van der Waals surface area contributed by atoms with E-state index in [2.05, 4.69) is 20.5 Å². The predicted molar refractivity (Wildman–Crippen MR) is 85.9 cm³/mol. The molecule has 1 aliphatic rings. The lowest BCUT2D eigenvalue weighted by atomic mass is 10.2. The summed E-state index contributed by atoms with van der Waals surface area (Å²) in [4.78, 5) is 27.5. The second kappa shape index (κ2) is 6.57. The normalized spacial score (nSPS) is 16.8. The minimum absolute atomic E-state index is 0.0830.